The lowest BCUT2D eigenvalue weighted by Crippen LogP contribution is -2.29. The molecule has 0 aliphatic heterocycles. The molecule has 0 aromatic heterocycles. The number of carbonyl (C=O) groups is 2. The van der Waals surface area contributed by atoms with Gasteiger partial charge in [-0.25, -0.2) is 4.57 Å². The van der Waals surface area contributed by atoms with Gasteiger partial charge in [0.15, 0.2) is 6.10 Å². The fourth-order valence-corrected chi connectivity index (χ4v) is 10.7. The van der Waals surface area contributed by atoms with Crippen molar-refractivity contribution in [2.75, 3.05) is 26.4 Å². The van der Waals surface area contributed by atoms with Gasteiger partial charge in [0.2, 0.25) is 0 Å². The number of hydrogen-bond donors (Lipinski definition) is 2. The maximum atomic E-state index is 12.8. The van der Waals surface area contributed by atoms with E-state index in [-0.39, 0.29) is 38.6 Å². The van der Waals surface area contributed by atoms with Crippen LogP contribution in [0.4, 0.5) is 0 Å². The van der Waals surface area contributed by atoms with Crippen molar-refractivity contribution in [3.05, 3.63) is 146 Å². The maximum Gasteiger partial charge on any atom is 0.472 e. The number of hydrogen-bond acceptors (Lipinski definition) is 8. The van der Waals surface area contributed by atoms with E-state index in [1.165, 1.54) is 161 Å². The summed E-state index contributed by atoms with van der Waals surface area (Å²) >= 11 is 0. The number of esters is 2. The molecule has 0 bridgehead atoms. The number of nitrogens with two attached hydrogens (primary N) is 1. The molecule has 0 saturated heterocycles. The van der Waals surface area contributed by atoms with Gasteiger partial charge in [-0.1, -0.05) is 327 Å². The number of carbonyl (C=O) groups excluding carboxylic acids is 2. The van der Waals surface area contributed by atoms with Crippen molar-refractivity contribution in [1.29, 1.82) is 0 Å². The molecule has 0 aliphatic carbocycles. The van der Waals surface area contributed by atoms with Crippen LogP contribution in [0, 0.1) is 0 Å². The first-order chi connectivity index (χ1) is 43.8. The van der Waals surface area contributed by atoms with E-state index in [2.05, 4.69) is 160 Å². The topological polar surface area (TPSA) is 134 Å². The molecule has 89 heavy (non-hydrogen) atoms. The highest BCUT2D eigenvalue weighted by atomic mass is 31.2. The second-order valence-corrected chi connectivity index (χ2v) is 25.1. The number of rotatable bonds is 67. The molecule has 0 spiro atoms. The fraction of sp³-hybridized carbons (Fsp3) is 0.671. The monoisotopic (exact) mass is 1260 g/mol. The van der Waals surface area contributed by atoms with Gasteiger partial charge in [-0.15, -0.1) is 0 Å². The van der Waals surface area contributed by atoms with E-state index in [0.717, 1.165) is 116 Å². The first-order valence-electron chi connectivity index (χ1n) is 36.3. The van der Waals surface area contributed by atoms with Crippen LogP contribution in [-0.4, -0.2) is 49.3 Å². The summed E-state index contributed by atoms with van der Waals surface area (Å²) in [5.41, 5.74) is 5.41. The summed E-state index contributed by atoms with van der Waals surface area (Å²) in [4.78, 5) is 35.4. The highest BCUT2D eigenvalue weighted by Crippen LogP contribution is 2.43. The summed E-state index contributed by atoms with van der Waals surface area (Å²) in [6.45, 7) is 3.54. The second kappa shape index (κ2) is 72.9. The predicted molar refractivity (Wildman–Crippen MR) is 385 cm³/mol. The van der Waals surface area contributed by atoms with Crippen molar-refractivity contribution in [3.8, 4) is 0 Å². The third-order valence-corrected chi connectivity index (χ3v) is 16.2. The molecule has 0 aromatic carbocycles. The number of ether oxygens (including phenoxy) is 2. The highest BCUT2D eigenvalue weighted by Gasteiger charge is 2.26. The zero-order valence-corrected chi connectivity index (χ0v) is 58.0. The number of phosphoric ester groups is 1. The van der Waals surface area contributed by atoms with E-state index in [1.54, 1.807) is 0 Å². The molecule has 0 rings (SSSR count). The Morgan fingerprint density at radius 1 is 0.337 bits per heavy atom. The Kier molecular flexibility index (Phi) is 69.6. The Morgan fingerprint density at radius 3 is 0.865 bits per heavy atom. The van der Waals surface area contributed by atoms with Crippen molar-refractivity contribution in [1.82, 2.24) is 0 Å². The van der Waals surface area contributed by atoms with Gasteiger partial charge in [-0.05, 0) is 116 Å². The minimum absolute atomic E-state index is 0.0488. The van der Waals surface area contributed by atoms with Gasteiger partial charge in [-0.2, -0.15) is 0 Å². The summed E-state index contributed by atoms with van der Waals surface area (Å²) in [5.74, 6) is -0.825. The molecule has 0 heterocycles. The Hall–Kier alpha value is -4.11. The minimum atomic E-state index is -4.40. The number of phosphoric acid groups is 1. The molecule has 508 valence electrons. The third-order valence-electron chi connectivity index (χ3n) is 15.2. The molecule has 0 fully saturated rings. The van der Waals surface area contributed by atoms with Crippen LogP contribution in [0.3, 0.4) is 0 Å². The quantitative estimate of drug-likeness (QED) is 0.0264. The molecular weight excluding hydrogens is 1120 g/mol. The van der Waals surface area contributed by atoms with Crippen molar-refractivity contribution in [2.24, 2.45) is 5.73 Å². The van der Waals surface area contributed by atoms with Gasteiger partial charge in [0.25, 0.3) is 0 Å². The van der Waals surface area contributed by atoms with Gasteiger partial charge in [0, 0.05) is 19.4 Å². The zero-order valence-electron chi connectivity index (χ0n) is 57.1. The average molecular weight is 1260 g/mol. The van der Waals surface area contributed by atoms with Crippen LogP contribution in [0.15, 0.2) is 146 Å². The molecular formula is C79H134NO8P. The smallest absolute Gasteiger partial charge is 0.462 e. The van der Waals surface area contributed by atoms with E-state index in [1.807, 2.05) is 0 Å². The standard InChI is InChI=1S/C79H134NO8P/c1-3-5-7-9-11-13-15-17-19-21-23-25-27-29-31-33-35-37-38-40-42-44-46-48-50-52-54-56-58-60-62-64-66-68-70-72-79(82)88-77(76-87-89(83,84)86-74-73-80)75-85-78(81)71-69-67-65-63-61-59-57-55-53-51-49-47-45-43-41-39-36-34-32-30-28-26-24-22-20-18-16-14-12-10-8-6-4-2/h5-8,11-14,17-20,23-26,29-32,35-37,39,77H,3-4,9-10,15-16,21-22,27-28,33-34,38,40-76,80H2,1-2H3,(H,83,84)/b7-5-,8-6-,13-11-,14-12-,19-17-,20-18-,25-23-,26-24-,31-29-,32-30-,37-35-,39-36-. The predicted octanol–water partition coefficient (Wildman–Crippen LogP) is 24.2. The Labute approximate surface area is 547 Å². The van der Waals surface area contributed by atoms with Crippen LogP contribution in [0.25, 0.3) is 0 Å². The van der Waals surface area contributed by atoms with E-state index in [4.69, 9.17) is 24.3 Å². The van der Waals surface area contributed by atoms with Crippen LogP contribution < -0.4 is 5.73 Å². The maximum absolute atomic E-state index is 12.8. The lowest BCUT2D eigenvalue weighted by atomic mass is 10.0. The van der Waals surface area contributed by atoms with Crippen LogP contribution >= 0.6 is 7.82 Å². The summed E-state index contributed by atoms with van der Waals surface area (Å²) in [6, 6.07) is 0. The molecule has 2 atom stereocenters. The first kappa shape index (κ1) is 84.9. The Morgan fingerprint density at radius 2 is 0.584 bits per heavy atom. The Bertz CT molecular complexity index is 1970. The molecule has 10 heteroatoms. The Balaban J connectivity index is 3.88. The molecule has 2 unspecified atom stereocenters. The van der Waals surface area contributed by atoms with Crippen molar-refractivity contribution in [2.45, 2.75) is 315 Å². The summed E-state index contributed by atoms with van der Waals surface area (Å²) in [5, 5.41) is 0. The summed E-state index contributed by atoms with van der Waals surface area (Å²) in [7, 11) is -4.40. The van der Waals surface area contributed by atoms with E-state index < -0.39 is 26.5 Å². The molecule has 0 radical (unpaired) electrons. The normalized spacial score (nSPS) is 13.8. The summed E-state index contributed by atoms with van der Waals surface area (Å²) in [6.07, 6.45) is 105. The SMILES string of the molecule is CC/C=C\C/C=C\C/C=C\C/C=C\C/C=C\C/C=C\CCCCCCCCCCCCCCCCCCC(=O)OC(COC(=O)CCCCCCCCCCCCCCCC/C=C\C/C=C\C/C=C\C/C=C\C/C=C\C/C=C\CC)COP(=O)(O)OCCN. The molecule has 0 saturated carbocycles. The average Bonchev–Trinajstić information content (AvgIpc) is 3.66. The largest absolute Gasteiger partial charge is 0.472 e. The van der Waals surface area contributed by atoms with E-state index in [9.17, 15) is 19.0 Å². The van der Waals surface area contributed by atoms with Crippen LogP contribution in [0.2, 0.25) is 0 Å². The number of allylic oxidation sites excluding steroid dienone is 24. The van der Waals surface area contributed by atoms with Crippen LogP contribution in [0.5, 0.6) is 0 Å². The van der Waals surface area contributed by atoms with E-state index >= 15 is 0 Å². The van der Waals surface area contributed by atoms with Crippen LogP contribution in [0.1, 0.15) is 309 Å². The minimum Gasteiger partial charge on any atom is -0.462 e. The molecule has 0 aliphatic rings. The lowest BCUT2D eigenvalue weighted by molar-refractivity contribution is -0.161. The molecule has 0 aromatic rings. The van der Waals surface area contributed by atoms with Crippen molar-refractivity contribution < 1.29 is 37.6 Å². The second-order valence-electron chi connectivity index (χ2n) is 23.7. The van der Waals surface area contributed by atoms with Crippen molar-refractivity contribution in [3.63, 3.8) is 0 Å². The molecule has 0 amide bonds. The van der Waals surface area contributed by atoms with Gasteiger partial charge in [-0.3, -0.25) is 18.6 Å². The highest BCUT2D eigenvalue weighted by molar-refractivity contribution is 7.47. The number of unbranched alkanes of at least 4 members (excludes halogenated alkanes) is 30. The van der Waals surface area contributed by atoms with Crippen molar-refractivity contribution >= 4 is 19.8 Å². The lowest BCUT2D eigenvalue weighted by Gasteiger charge is -2.19. The van der Waals surface area contributed by atoms with E-state index in [0.29, 0.717) is 6.42 Å². The van der Waals surface area contributed by atoms with Crippen LogP contribution in [-0.2, 0) is 32.7 Å². The fourth-order valence-electron chi connectivity index (χ4n) is 9.94. The van der Waals surface area contributed by atoms with Gasteiger partial charge >= 0.3 is 19.8 Å². The van der Waals surface area contributed by atoms with Gasteiger partial charge < -0.3 is 20.1 Å². The molecule has 3 N–H and O–H groups in total. The third kappa shape index (κ3) is 72.8. The first-order valence-corrected chi connectivity index (χ1v) is 37.8. The van der Waals surface area contributed by atoms with Gasteiger partial charge in [0.1, 0.15) is 6.61 Å². The van der Waals surface area contributed by atoms with Gasteiger partial charge in [0.05, 0.1) is 13.2 Å². The zero-order chi connectivity index (χ0) is 64.4. The summed E-state index contributed by atoms with van der Waals surface area (Å²) < 4.78 is 33.2. The molecule has 9 nitrogen and oxygen atoms in total.